The summed E-state index contributed by atoms with van der Waals surface area (Å²) < 4.78 is 196. The molecule has 5 aromatic carbocycles. The lowest BCUT2D eigenvalue weighted by Crippen LogP contribution is -2.46. The monoisotopic (exact) mass is 1760 g/mol. The average molecular weight is 1760 g/mol. The van der Waals surface area contributed by atoms with E-state index in [4.69, 9.17) is 48.7 Å². The first kappa shape index (κ1) is 90.8. The molecule has 0 spiro atoms. The average Bonchev–Trinajstić information content (AvgIpc) is 0.718. The van der Waals surface area contributed by atoms with E-state index < -0.39 is 99.3 Å². The number of carbonyl (C=O) groups excluding carboxylic acids is 3. The number of primary amides is 1. The fourth-order valence-corrected chi connectivity index (χ4v) is 11.3. The molecule has 1 aliphatic rings. The molecular formula is C65H59Br5F15N9O7. The van der Waals surface area contributed by atoms with Crippen LogP contribution in [0.25, 0.3) is 5.57 Å². The summed E-state index contributed by atoms with van der Waals surface area (Å²) in [5, 5.41) is 45.2. The summed E-state index contributed by atoms with van der Waals surface area (Å²) in [5.74, 6) is -4.60. The number of carboxylic acids is 1. The van der Waals surface area contributed by atoms with Gasteiger partial charge in [-0.15, -0.1) is 0 Å². The molecule has 0 fully saturated rings. The van der Waals surface area contributed by atoms with Crippen molar-refractivity contribution in [3.05, 3.63) is 209 Å². The van der Waals surface area contributed by atoms with Crippen molar-refractivity contribution in [2.45, 2.75) is 91.7 Å². The van der Waals surface area contributed by atoms with Gasteiger partial charge in [0.05, 0.1) is 45.9 Å². The van der Waals surface area contributed by atoms with Crippen LogP contribution in [0.4, 0.5) is 65.9 Å². The first-order valence-electron chi connectivity index (χ1n) is 27.9. The number of carbonyl (C=O) groups is 4. The number of ketones is 1. The van der Waals surface area contributed by atoms with E-state index in [1.165, 1.54) is 51.4 Å². The Labute approximate surface area is 610 Å². The molecule has 5 aromatic rings. The lowest BCUT2D eigenvalue weighted by atomic mass is 9.60. The number of nitriles is 3. The number of alkyl halides is 15. The quantitative estimate of drug-likeness (QED) is 0.0249. The Kier molecular flexibility index (Phi) is 33.8. The summed E-state index contributed by atoms with van der Waals surface area (Å²) in [6, 6.07) is 20.9. The molecule has 0 saturated heterocycles. The van der Waals surface area contributed by atoms with Crippen LogP contribution in [0.3, 0.4) is 0 Å². The zero-order chi connectivity index (χ0) is 78.7. The number of Topliss-reactive ketones (excluding diaryl/α,β-unsaturated/α-hetero) is 1. The smallest absolute Gasteiger partial charge is 0.416 e. The minimum Gasteiger partial charge on any atom is -0.478 e. The van der Waals surface area contributed by atoms with Gasteiger partial charge >= 0.3 is 36.9 Å². The van der Waals surface area contributed by atoms with E-state index in [1.54, 1.807) is 60.6 Å². The van der Waals surface area contributed by atoms with E-state index in [0.29, 0.717) is 17.3 Å². The zero-order valence-corrected chi connectivity index (χ0v) is 62.0. The Bertz CT molecular complexity index is 4140. The van der Waals surface area contributed by atoms with Gasteiger partial charge in [-0.05, 0) is 133 Å². The number of hydroxylamine groups is 2. The van der Waals surface area contributed by atoms with Crippen LogP contribution in [0.15, 0.2) is 153 Å². The Morgan fingerprint density at radius 2 is 0.921 bits per heavy atom. The highest BCUT2D eigenvalue weighted by Gasteiger charge is 2.52. The summed E-state index contributed by atoms with van der Waals surface area (Å²) in [6.45, 7) is 13.3. The maximum absolute atomic E-state index is 13.4. The van der Waals surface area contributed by atoms with E-state index in [1.807, 2.05) is 6.07 Å². The zero-order valence-electron chi connectivity index (χ0n) is 54.0. The SMILES string of the molecule is CC(C)C(=C(C#N)C#N)c1cc(Br)cc(C(F)(F)F)c1.CC(C)C(=O)c1cc(Br)cc(C(F)(F)F)c1.CC(N)=C1C(=N)OC(N)=C(C#N)C1(c1cc(Br)cc(C(F)(F)F)c1)C(C)C.CC(N)=CC(N)=O.CON(C)C(=O)c1cc(Br)cc(C(F)(F)F)c1.O=C(O)c1cc(Br)cc(C(F)(F)F)c1. The topological polar surface area (TPSA) is 310 Å². The van der Waals surface area contributed by atoms with Crippen LogP contribution in [0, 0.1) is 57.2 Å². The van der Waals surface area contributed by atoms with E-state index >= 15 is 0 Å². The van der Waals surface area contributed by atoms with Crippen molar-refractivity contribution in [3.63, 3.8) is 0 Å². The van der Waals surface area contributed by atoms with Gasteiger partial charge in [-0.2, -0.15) is 81.6 Å². The van der Waals surface area contributed by atoms with Crippen LogP contribution in [-0.2, 0) is 50.7 Å². The molecule has 101 heavy (non-hydrogen) atoms. The lowest BCUT2D eigenvalue weighted by Gasteiger charge is -2.43. The van der Waals surface area contributed by atoms with Gasteiger partial charge in [-0.1, -0.05) is 121 Å². The van der Waals surface area contributed by atoms with Crippen LogP contribution in [0.2, 0.25) is 0 Å². The summed E-state index contributed by atoms with van der Waals surface area (Å²) in [6.07, 6.45) is -21.4. The molecule has 16 nitrogen and oxygen atoms in total. The van der Waals surface area contributed by atoms with Crippen LogP contribution in [-0.4, -0.2) is 53.8 Å². The molecule has 546 valence electrons. The lowest BCUT2D eigenvalue weighted by molar-refractivity contribution is -0.138. The number of rotatable bonds is 10. The number of ether oxygens (including phenoxy) is 1. The van der Waals surface area contributed by atoms with Crippen LogP contribution in [0.5, 0.6) is 0 Å². The van der Waals surface area contributed by atoms with Gasteiger partial charge in [0, 0.05) is 69.5 Å². The Hall–Kier alpha value is -8.21. The highest BCUT2D eigenvalue weighted by molar-refractivity contribution is 9.11. The van der Waals surface area contributed by atoms with Gasteiger partial charge in [0.15, 0.2) is 5.78 Å². The van der Waals surface area contributed by atoms with Gasteiger partial charge in [0.1, 0.15) is 29.4 Å². The fourth-order valence-electron chi connectivity index (χ4n) is 8.82. The molecule has 6 rings (SSSR count). The molecule has 0 saturated carbocycles. The normalized spacial score (nSPS) is 14.4. The second kappa shape index (κ2) is 37.6. The molecule has 1 unspecified atom stereocenters. The third kappa shape index (κ3) is 26.9. The molecule has 1 heterocycles. The van der Waals surface area contributed by atoms with Gasteiger partial charge in [0.2, 0.25) is 17.7 Å². The van der Waals surface area contributed by atoms with Crippen molar-refractivity contribution in [3.8, 4) is 18.2 Å². The minimum absolute atomic E-state index is 0.0803. The molecule has 0 aliphatic carbocycles. The third-order valence-corrected chi connectivity index (χ3v) is 15.3. The van der Waals surface area contributed by atoms with Gasteiger partial charge in [-0.25, -0.2) is 9.86 Å². The Morgan fingerprint density at radius 3 is 1.23 bits per heavy atom. The van der Waals surface area contributed by atoms with E-state index in [0.717, 1.165) is 65.7 Å². The van der Waals surface area contributed by atoms with E-state index in [2.05, 4.69) is 84.5 Å². The number of allylic oxidation sites excluding steroid dienone is 5. The minimum atomic E-state index is -4.60. The molecule has 36 heteroatoms. The molecule has 0 aromatic heterocycles. The van der Waals surface area contributed by atoms with Crippen LogP contribution in [0.1, 0.15) is 125 Å². The van der Waals surface area contributed by atoms with E-state index in [-0.39, 0.29) is 90.5 Å². The van der Waals surface area contributed by atoms with Crippen molar-refractivity contribution in [2.75, 3.05) is 14.2 Å². The molecule has 0 bridgehead atoms. The van der Waals surface area contributed by atoms with Crippen molar-refractivity contribution >= 4 is 115 Å². The number of nitrogens with one attached hydrogen (secondary N) is 1. The number of hydrogen-bond donors (Lipinski definition) is 6. The highest BCUT2D eigenvalue weighted by Crippen LogP contribution is 2.51. The predicted octanol–water partition coefficient (Wildman–Crippen LogP) is 19.1. The van der Waals surface area contributed by atoms with Crippen molar-refractivity contribution < 1.29 is 99.7 Å². The third-order valence-electron chi connectivity index (χ3n) is 13.0. The number of halogens is 20. The van der Waals surface area contributed by atoms with Gasteiger partial charge in [0.25, 0.3) is 5.91 Å². The number of amides is 2. The summed E-state index contributed by atoms with van der Waals surface area (Å²) in [5.41, 5.74) is 16.4. The standard InChI is InChI=1S/C18H18BrF3N4O.C14H10BrF3N2.C11H10BrF3O.C10H9BrF3NO2.C8H4BrF3O2.C4H8N2O/c1-8(2)17(10-4-11(18(20,21)22)6-12(19)5-10)13(7-23)15(25)27-16(26)14(17)9(3)24;1-8(2)13(10(6-19)7-20)9-3-11(14(16,17)18)5-12(15)4-9;1-6(2)10(16)7-3-8(11(13,14)15)5-9(12)4-7;1-15(17-2)9(16)6-3-7(10(12,13)14)5-8(11)4-6;9-6-2-4(7(13)14)1-5(3-6)8(10,11)12;1-3(5)2-4(6)7/h4-6,8,26H,24-25H2,1-3H3;3-5,8H,1-2H3;3-6H,1-2H3;3-5H,1-2H3;1-3H,(H,13,14);2H,5H2,1H3,(H2,6,7). The molecule has 10 N–H and O–H groups in total. The number of nitrogens with two attached hydrogens (primary N) is 4. The maximum atomic E-state index is 13.4. The Balaban J connectivity index is 0.000000627. The summed E-state index contributed by atoms with van der Waals surface area (Å²) in [7, 11) is 2.57. The summed E-state index contributed by atoms with van der Waals surface area (Å²) >= 11 is 14.9. The molecular weight excluding hydrogens is 1700 g/mol. The largest absolute Gasteiger partial charge is 0.478 e. The summed E-state index contributed by atoms with van der Waals surface area (Å²) in [4.78, 5) is 48.1. The van der Waals surface area contributed by atoms with Crippen molar-refractivity contribution in [2.24, 2.45) is 40.7 Å². The first-order valence-corrected chi connectivity index (χ1v) is 31.8. The van der Waals surface area contributed by atoms with Crippen LogP contribution >= 0.6 is 79.6 Å². The molecule has 1 atom stereocenters. The molecule has 1 aliphatic heterocycles. The Morgan fingerprint density at radius 1 is 0.574 bits per heavy atom. The molecule has 2 amide bonds. The number of aromatic carboxylic acids is 1. The van der Waals surface area contributed by atoms with Gasteiger partial charge in [-0.3, -0.25) is 24.6 Å². The first-order chi connectivity index (χ1) is 46.0. The molecule has 0 radical (unpaired) electrons. The maximum Gasteiger partial charge on any atom is 0.416 e. The van der Waals surface area contributed by atoms with Crippen LogP contribution < -0.4 is 22.9 Å². The van der Waals surface area contributed by atoms with Gasteiger partial charge < -0.3 is 32.8 Å². The second-order valence-corrected chi connectivity index (χ2v) is 26.3. The van der Waals surface area contributed by atoms with E-state index in [9.17, 15) is 90.3 Å². The number of carboxylic acid groups (broad SMARTS) is 1. The fraction of sp³-hybridized carbons (Fsp3) is 0.292. The number of nitrogens with zero attached hydrogens (tertiary/aromatic N) is 4. The highest BCUT2D eigenvalue weighted by atomic mass is 79.9. The van der Waals surface area contributed by atoms with Crippen molar-refractivity contribution in [1.82, 2.24) is 5.06 Å². The van der Waals surface area contributed by atoms with Crippen molar-refractivity contribution in [1.29, 1.82) is 21.2 Å². The predicted molar refractivity (Wildman–Crippen MR) is 360 cm³/mol. The number of hydrogen-bond acceptors (Lipinski definition) is 13. The number of benzene rings is 5. The second-order valence-electron chi connectivity index (χ2n) is 21.7.